The number of imide groups is 2. The van der Waals surface area contributed by atoms with Crippen molar-refractivity contribution >= 4 is 40.8 Å². The molecule has 1 aromatic heterocycles. The molecule has 7 heteroatoms. The molecule has 1 spiro atoms. The van der Waals surface area contributed by atoms with Crippen LogP contribution in [0.5, 0.6) is 0 Å². The number of amides is 4. The molecule has 4 amide bonds. The van der Waals surface area contributed by atoms with Crippen molar-refractivity contribution in [3.8, 4) is 0 Å². The Kier molecular flexibility index (Phi) is 3.75. The lowest BCUT2D eigenvalue weighted by molar-refractivity contribution is -0.154. The number of nitrogens with zero attached hydrogens (tertiary/aromatic N) is 1. The summed E-state index contributed by atoms with van der Waals surface area (Å²) in [5.74, 6) is -0.793. The summed E-state index contributed by atoms with van der Waals surface area (Å²) in [6, 6.07) is 2.89. The molecule has 0 unspecified atom stereocenters. The summed E-state index contributed by atoms with van der Waals surface area (Å²) in [6.45, 7) is 0.164. The minimum Gasteiger partial charge on any atom is -0.277 e. The number of barbiturate groups is 1. The molecule has 0 aromatic carbocycles. The third-order valence-electron chi connectivity index (χ3n) is 4.20. The van der Waals surface area contributed by atoms with Gasteiger partial charge in [-0.3, -0.25) is 19.8 Å². The zero-order valence-corrected chi connectivity index (χ0v) is 12.9. The standard InChI is InChI=1S/C14H15ClN2O3S/c15-10-5-4-9(21-10)8-17-12(19)14(6-2-1-3-7-14)11(18)16-13(17)20/h4-5H,1-3,6-8H2,(H,16,18,20). The molecule has 2 heterocycles. The Labute approximate surface area is 131 Å². The molecule has 1 saturated carbocycles. The largest absolute Gasteiger partial charge is 0.331 e. The van der Waals surface area contributed by atoms with E-state index in [9.17, 15) is 14.4 Å². The average Bonchev–Trinajstić information content (AvgIpc) is 2.88. The van der Waals surface area contributed by atoms with E-state index in [0.717, 1.165) is 29.0 Å². The van der Waals surface area contributed by atoms with Gasteiger partial charge in [-0.25, -0.2) is 4.79 Å². The molecule has 1 aliphatic heterocycles. The van der Waals surface area contributed by atoms with Gasteiger partial charge in [0.25, 0.3) is 0 Å². The van der Waals surface area contributed by atoms with Crippen molar-refractivity contribution < 1.29 is 14.4 Å². The van der Waals surface area contributed by atoms with E-state index >= 15 is 0 Å². The lowest BCUT2D eigenvalue weighted by atomic mass is 9.71. The molecular formula is C14H15ClN2O3S. The molecule has 3 rings (SSSR count). The van der Waals surface area contributed by atoms with E-state index in [0.29, 0.717) is 17.2 Å². The predicted molar refractivity (Wildman–Crippen MR) is 78.9 cm³/mol. The van der Waals surface area contributed by atoms with Gasteiger partial charge in [0.1, 0.15) is 5.41 Å². The van der Waals surface area contributed by atoms with E-state index in [-0.39, 0.29) is 12.5 Å². The van der Waals surface area contributed by atoms with Crippen molar-refractivity contribution in [1.82, 2.24) is 10.2 Å². The summed E-state index contributed by atoms with van der Waals surface area (Å²) in [7, 11) is 0. The summed E-state index contributed by atoms with van der Waals surface area (Å²) in [5.41, 5.74) is -1.05. The fourth-order valence-corrected chi connectivity index (χ4v) is 4.14. The number of nitrogens with one attached hydrogen (secondary N) is 1. The monoisotopic (exact) mass is 326 g/mol. The molecule has 2 aliphatic rings. The summed E-state index contributed by atoms with van der Waals surface area (Å²) in [5, 5.41) is 2.35. The average molecular weight is 327 g/mol. The third-order valence-corrected chi connectivity index (χ3v) is 5.42. The van der Waals surface area contributed by atoms with Gasteiger partial charge in [0, 0.05) is 4.88 Å². The molecule has 1 saturated heterocycles. The van der Waals surface area contributed by atoms with Crippen LogP contribution < -0.4 is 5.32 Å². The molecule has 1 aliphatic carbocycles. The predicted octanol–water partition coefficient (Wildman–Crippen LogP) is 2.93. The fraction of sp³-hybridized carbons (Fsp3) is 0.500. The summed E-state index contributed by atoms with van der Waals surface area (Å²) >= 11 is 7.20. The highest BCUT2D eigenvalue weighted by Gasteiger charge is 2.53. The highest BCUT2D eigenvalue weighted by molar-refractivity contribution is 7.16. The van der Waals surface area contributed by atoms with Crippen molar-refractivity contribution in [2.24, 2.45) is 5.41 Å². The van der Waals surface area contributed by atoms with Gasteiger partial charge in [0.2, 0.25) is 11.8 Å². The Morgan fingerprint density at radius 3 is 2.52 bits per heavy atom. The highest BCUT2D eigenvalue weighted by Crippen LogP contribution is 2.40. The number of carbonyl (C=O) groups excluding carboxylic acids is 3. The molecular weight excluding hydrogens is 312 g/mol. The topological polar surface area (TPSA) is 66.5 Å². The molecule has 0 radical (unpaired) electrons. The van der Waals surface area contributed by atoms with Crippen LogP contribution in [0.2, 0.25) is 4.34 Å². The van der Waals surface area contributed by atoms with Gasteiger partial charge in [0.15, 0.2) is 0 Å². The molecule has 0 atom stereocenters. The van der Waals surface area contributed by atoms with Crippen LogP contribution in [0.1, 0.15) is 37.0 Å². The van der Waals surface area contributed by atoms with E-state index in [2.05, 4.69) is 5.32 Å². The van der Waals surface area contributed by atoms with Crippen LogP contribution in [0, 0.1) is 5.41 Å². The van der Waals surface area contributed by atoms with E-state index in [1.54, 1.807) is 12.1 Å². The Balaban J connectivity index is 1.87. The number of urea groups is 1. The van der Waals surface area contributed by atoms with Crippen LogP contribution in [0.25, 0.3) is 0 Å². The van der Waals surface area contributed by atoms with E-state index in [4.69, 9.17) is 11.6 Å². The second-order valence-electron chi connectivity index (χ2n) is 5.50. The van der Waals surface area contributed by atoms with E-state index < -0.39 is 17.4 Å². The van der Waals surface area contributed by atoms with Gasteiger partial charge in [-0.05, 0) is 25.0 Å². The summed E-state index contributed by atoms with van der Waals surface area (Å²) in [4.78, 5) is 38.9. The first-order chi connectivity index (χ1) is 10.0. The van der Waals surface area contributed by atoms with Crippen LogP contribution in [-0.2, 0) is 16.1 Å². The van der Waals surface area contributed by atoms with Gasteiger partial charge >= 0.3 is 6.03 Å². The maximum absolute atomic E-state index is 12.8. The van der Waals surface area contributed by atoms with Crippen molar-refractivity contribution in [1.29, 1.82) is 0 Å². The molecule has 21 heavy (non-hydrogen) atoms. The second kappa shape index (κ2) is 5.42. The lowest BCUT2D eigenvalue weighted by Crippen LogP contribution is -2.63. The van der Waals surface area contributed by atoms with Crippen LogP contribution in [-0.4, -0.2) is 22.7 Å². The summed E-state index contributed by atoms with van der Waals surface area (Å²) < 4.78 is 0.610. The van der Waals surface area contributed by atoms with Gasteiger partial charge in [-0.1, -0.05) is 30.9 Å². The molecule has 5 nitrogen and oxygen atoms in total. The number of hydrogen-bond donors (Lipinski definition) is 1. The zero-order valence-electron chi connectivity index (χ0n) is 11.4. The second-order valence-corrected chi connectivity index (χ2v) is 7.30. The first-order valence-corrected chi connectivity index (χ1v) is 8.14. The van der Waals surface area contributed by atoms with Crippen LogP contribution in [0.3, 0.4) is 0 Å². The van der Waals surface area contributed by atoms with Crippen LogP contribution in [0.15, 0.2) is 12.1 Å². The number of rotatable bonds is 2. The van der Waals surface area contributed by atoms with Gasteiger partial charge in [-0.2, -0.15) is 0 Å². The lowest BCUT2D eigenvalue weighted by Gasteiger charge is -2.41. The Hall–Kier alpha value is -1.40. The SMILES string of the molecule is O=C1NC(=O)C2(CCCCC2)C(=O)N1Cc1ccc(Cl)s1. The molecule has 112 valence electrons. The number of hydrogen-bond acceptors (Lipinski definition) is 4. The molecule has 2 fully saturated rings. The number of thiophene rings is 1. The first-order valence-electron chi connectivity index (χ1n) is 6.94. The molecule has 1 aromatic rings. The molecule has 1 N–H and O–H groups in total. The third kappa shape index (κ3) is 2.46. The number of halogens is 1. The maximum Gasteiger partial charge on any atom is 0.331 e. The Morgan fingerprint density at radius 2 is 1.90 bits per heavy atom. The van der Waals surface area contributed by atoms with Crippen molar-refractivity contribution in [2.75, 3.05) is 0 Å². The van der Waals surface area contributed by atoms with E-state index in [1.807, 2.05) is 0 Å². The van der Waals surface area contributed by atoms with Gasteiger partial charge in [-0.15, -0.1) is 11.3 Å². The smallest absolute Gasteiger partial charge is 0.277 e. The van der Waals surface area contributed by atoms with Crippen LogP contribution >= 0.6 is 22.9 Å². The molecule has 0 bridgehead atoms. The quantitative estimate of drug-likeness (QED) is 0.850. The fourth-order valence-electron chi connectivity index (χ4n) is 3.06. The summed E-state index contributed by atoms with van der Waals surface area (Å²) in [6.07, 6.45) is 3.74. The zero-order chi connectivity index (χ0) is 15.0. The maximum atomic E-state index is 12.8. The van der Waals surface area contributed by atoms with Gasteiger partial charge < -0.3 is 0 Å². The number of carbonyl (C=O) groups is 3. The van der Waals surface area contributed by atoms with Crippen molar-refractivity contribution in [3.63, 3.8) is 0 Å². The van der Waals surface area contributed by atoms with Crippen molar-refractivity contribution in [2.45, 2.75) is 38.6 Å². The minimum absolute atomic E-state index is 0.164. The highest BCUT2D eigenvalue weighted by atomic mass is 35.5. The van der Waals surface area contributed by atoms with E-state index in [1.165, 1.54) is 11.3 Å². The Bertz CT molecular complexity index is 607. The first kappa shape index (κ1) is 14.5. The van der Waals surface area contributed by atoms with Crippen LogP contribution in [0.4, 0.5) is 4.79 Å². The normalized spacial score (nSPS) is 21.8. The van der Waals surface area contributed by atoms with Gasteiger partial charge in [0.05, 0.1) is 10.9 Å². The Morgan fingerprint density at radius 1 is 1.19 bits per heavy atom. The van der Waals surface area contributed by atoms with Crippen molar-refractivity contribution in [3.05, 3.63) is 21.3 Å². The minimum atomic E-state index is -1.05.